The number of hydrogen-bond donors (Lipinski definition) is 2. The van der Waals surface area contributed by atoms with Crippen molar-refractivity contribution in [3.63, 3.8) is 0 Å². The van der Waals surface area contributed by atoms with Gasteiger partial charge in [-0.3, -0.25) is 4.79 Å². The summed E-state index contributed by atoms with van der Waals surface area (Å²) in [5, 5.41) is 11.9. The lowest BCUT2D eigenvalue weighted by molar-refractivity contribution is 0.305. The Morgan fingerprint density at radius 3 is 2.24 bits per heavy atom. The SMILES string of the molecule is Cc1ccc(Cl)c(OCc2c(C)c(C)c(C)c(C)c2C)c1-c1c(O)c2cccnc2[nH]c1=O. The molecular weight excluding hydrogens is 436 g/mol. The highest BCUT2D eigenvalue weighted by Crippen LogP contribution is 2.43. The maximum absolute atomic E-state index is 13.0. The zero-order valence-corrected chi connectivity index (χ0v) is 20.4. The molecule has 4 rings (SSSR count). The average molecular weight is 463 g/mol. The van der Waals surface area contributed by atoms with Crippen LogP contribution in [0.2, 0.25) is 5.02 Å². The molecule has 2 aromatic heterocycles. The molecule has 0 fully saturated rings. The molecule has 0 aliphatic rings. The summed E-state index contributed by atoms with van der Waals surface area (Å²) in [5.41, 5.74) is 8.44. The van der Waals surface area contributed by atoms with Crippen LogP contribution in [0.15, 0.2) is 35.3 Å². The first kappa shape index (κ1) is 22.9. The lowest BCUT2D eigenvalue weighted by Crippen LogP contribution is -2.12. The molecule has 2 N–H and O–H groups in total. The number of H-pyrrole nitrogens is 1. The first-order valence-corrected chi connectivity index (χ1v) is 11.2. The molecular formula is C27H27ClN2O3. The fourth-order valence-corrected chi connectivity index (χ4v) is 4.60. The molecule has 2 heterocycles. The molecule has 0 aliphatic heterocycles. The number of halogens is 1. The Morgan fingerprint density at radius 2 is 1.58 bits per heavy atom. The van der Waals surface area contributed by atoms with Gasteiger partial charge in [0.15, 0.2) is 0 Å². The van der Waals surface area contributed by atoms with Crippen LogP contribution in [0.5, 0.6) is 11.5 Å². The normalized spacial score (nSPS) is 11.2. The average Bonchev–Trinajstić information content (AvgIpc) is 2.79. The number of ether oxygens (including phenoxy) is 1. The van der Waals surface area contributed by atoms with E-state index in [9.17, 15) is 9.90 Å². The Labute approximate surface area is 198 Å². The van der Waals surface area contributed by atoms with Crippen LogP contribution in [-0.4, -0.2) is 15.1 Å². The number of nitrogens with zero attached hydrogens (tertiary/aromatic N) is 1. The zero-order valence-electron chi connectivity index (χ0n) is 19.7. The Balaban J connectivity index is 1.89. The molecule has 6 heteroatoms. The van der Waals surface area contributed by atoms with Gasteiger partial charge in [-0.1, -0.05) is 17.7 Å². The minimum Gasteiger partial charge on any atom is -0.506 e. The van der Waals surface area contributed by atoms with Crippen molar-refractivity contribution in [1.82, 2.24) is 9.97 Å². The van der Waals surface area contributed by atoms with Crippen molar-refractivity contribution >= 4 is 22.6 Å². The standard InChI is InChI=1S/C27H27ClN2O3/c1-13-9-10-21(28)25(33-12-20-17(5)15(3)14(2)16(4)18(20)6)22(13)23-24(31)19-8-7-11-29-26(19)30-27(23)32/h7-11H,12H2,1-6H3,(H2,29,30,31,32). The molecule has 0 radical (unpaired) electrons. The number of aromatic amines is 1. The second kappa shape index (κ2) is 8.56. The Morgan fingerprint density at radius 1 is 0.939 bits per heavy atom. The van der Waals surface area contributed by atoms with Crippen molar-refractivity contribution in [2.24, 2.45) is 0 Å². The second-order valence-electron chi connectivity index (χ2n) is 8.54. The predicted octanol–water partition coefficient (Wildman–Crippen LogP) is 6.38. The van der Waals surface area contributed by atoms with Crippen LogP contribution in [0.1, 0.15) is 38.9 Å². The number of nitrogens with one attached hydrogen (secondary N) is 1. The van der Waals surface area contributed by atoms with E-state index in [1.165, 1.54) is 27.8 Å². The Bertz CT molecular complexity index is 1440. The van der Waals surface area contributed by atoms with Gasteiger partial charge in [-0.2, -0.15) is 0 Å². The maximum atomic E-state index is 13.0. The third-order valence-corrected chi connectivity index (χ3v) is 7.14. The number of pyridine rings is 2. The number of rotatable bonds is 4. The third-order valence-electron chi connectivity index (χ3n) is 6.84. The predicted molar refractivity (Wildman–Crippen MR) is 134 cm³/mol. The van der Waals surface area contributed by atoms with Crippen LogP contribution in [0.4, 0.5) is 0 Å². The van der Waals surface area contributed by atoms with E-state index < -0.39 is 5.56 Å². The Hall–Kier alpha value is -3.31. The molecule has 5 nitrogen and oxygen atoms in total. The number of aromatic hydroxyl groups is 1. The molecule has 0 amide bonds. The van der Waals surface area contributed by atoms with Gasteiger partial charge >= 0.3 is 0 Å². The van der Waals surface area contributed by atoms with Gasteiger partial charge in [0.1, 0.15) is 23.8 Å². The van der Waals surface area contributed by atoms with E-state index in [-0.39, 0.29) is 11.3 Å². The van der Waals surface area contributed by atoms with E-state index >= 15 is 0 Å². The summed E-state index contributed by atoms with van der Waals surface area (Å²) < 4.78 is 6.31. The van der Waals surface area contributed by atoms with Crippen LogP contribution >= 0.6 is 11.6 Å². The van der Waals surface area contributed by atoms with E-state index in [2.05, 4.69) is 44.6 Å². The van der Waals surface area contributed by atoms with Crippen molar-refractivity contribution in [2.75, 3.05) is 0 Å². The third kappa shape index (κ3) is 3.76. The fraction of sp³-hybridized carbons (Fsp3) is 0.259. The minimum absolute atomic E-state index is 0.121. The first-order valence-electron chi connectivity index (χ1n) is 10.8. The van der Waals surface area contributed by atoms with Gasteiger partial charge in [0, 0.05) is 11.8 Å². The zero-order chi connectivity index (χ0) is 24.0. The van der Waals surface area contributed by atoms with Crippen LogP contribution in [0.25, 0.3) is 22.2 Å². The largest absolute Gasteiger partial charge is 0.506 e. The van der Waals surface area contributed by atoms with Crippen LogP contribution in [-0.2, 0) is 6.61 Å². The van der Waals surface area contributed by atoms with Crippen molar-refractivity contribution in [1.29, 1.82) is 0 Å². The van der Waals surface area contributed by atoms with Crippen molar-refractivity contribution in [3.05, 3.63) is 84.8 Å². The molecule has 0 atom stereocenters. The van der Waals surface area contributed by atoms with Gasteiger partial charge < -0.3 is 14.8 Å². The molecule has 0 unspecified atom stereocenters. The van der Waals surface area contributed by atoms with Crippen LogP contribution in [0.3, 0.4) is 0 Å². The lowest BCUT2D eigenvalue weighted by atomic mass is 9.90. The number of aromatic nitrogens is 2. The second-order valence-corrected chi connectivity index (χ2v) is 8.95. The highest BCUT2D eigenvalue weighted by molar-refractivity contribution is 6.32. The molecule has 0 saturated carbocycles. The number of benzene rings is 2. The summed E-state index contributed by atoms with van der Waals surface area (Å²) in [6.07, 6.45) is 1.56. The number of fused-ring (bicyclic) bond motifs is 1. The van der Waals surface area contributed by atoms with Crippen molar-refractivity contribution in [3.8, 4) is 22.6 Å². The highest BCUT2D eigenvalue weighted by atomic mass is 35.5. The van der Waals surface area contributed by atoms with E-state index in [1.807, 2.05) is 13.0 Å². The monoisotopic (exact) mass is 462 g/mol. The van der Waals surface area contributed by atoms with Gasteiger partial charge in [-0.05, 0) is 98.7 Å². The summed E-state index contributed by atoms with van der Waals surface area (Å²) in [5.74, 6) is 0.224. The van der Waals surface area contributed by atoms with Crippen LogP contribution < -0.4 is 10.3 Å². The Kier molecular flexibility index (Phi) is 5.93. The summed E-state index contributed by atoms with van der Waals surface area (Å²) in [7, 11) is 0. The van der Waals surface area contributed by atoms with E-state index in [1.54, 1.807) is 24.4 Å². The van der Waals surface area contributed by atoms with Gasteiger partial charge in [0.25, 0.3) is 5.56 Å². The van der Waals surface area contributed by atoms with Gasteiger partial charge in [-0.15, -0.1) is 0 Å². The first-order chi connectivity index (χ1) is 15.6. The van der Waals surface area contributed by atoms with Crippen molar-refractivity contribution < 1.29 is 9.84 Å². The van der Waals surface area contributed by atoms with Crippen LogP contribution in [0, 0.1) is 41.5 Å². The lowest BCUT2D eigenvalue weighted by Gasteiger charge is -2.21. The van der Waals surface area contributed by atoms with E-state index in [0.717, 1.165) is 11.1 Å². The molecule has 0 bridgehead atoms. The van der Waals surface area contributed by atoms with Gasteiger partial charge in [-0.25, -0.2) is 4.98 Å². The molecule has 0 saturated heterocycles. The quantitative estimate of drug-likeness (QED) is 0.369. The van der Waals surface area contributed by atoms with Gasteiger partial charge in [0.2, 0.25) is 0 Å². The van der Waals surface area contributed by atoms with E-state index in [4.69, 9.17) is 16.3 Å². The smallest absolute Gasteiger partial charge is 0.261 e. The molecule has 0 spiro atoms. The summed E-state index contributed by atoms with van der Waals surface area (Å²) in [4.78, 5) is 19.9. The molecule has 33 heavy (non-hydrogen) atoms. The molecule has 4 aromatic rings. The summed E-state index contributed by atoms with van der Waals surface area (Å²) in [6, 6.07) is 6.98. The van der Waals surface area contributed by atoms with Crippen molar-refractivity contribution in [2.45, 2.75) is 48.1 Å². The number of aryl methyl sites for hydroxylation is 1. The van der Waals surface area contributed by atoms with E-state index in [0.29, 0.717) is 34.0 Å². The summed E-state index contributed by atoms with van der Waals surface area (Å²) in [6.45, 7) is 12.7. The number of hydrogen-bond acceptors (Lipinski definition) is 4. The molecule has 2 aromatic carbocycles. The maximum Gasteiger partial charge on any atom is 0.261 e. The molecule has 0 aliphatic carbocycles. The van der Waals surface area contributed by atoms with Gasteiger partial charge in [0.05, 0.1) is 16.0 Å². The highest BCUT2D eigenvalue weighted by Gasteiger charge is 2.23. The summed E-state index contributed by atoms with van der Waals surface area (Å²) >= 11 is 6.58. The minimum atomic E-state index is -0.455. The fourth-order valence-electron chi connectivity index (χ4n) is 4.39. The topological polar surface area (TPSA) is 75.2 Å². The molecule has 170 valence electrons.